The molecule has 0 bridgehead atoms. The van der Waals surface area contributed by atoms with Crippen molar-refractivity contribution in [2.24, 2.45) is 0 Å². The van der Waals surface area contributed by atoms with E-state index in [0.29, 0.717) is 17.2 Å². The Morgan fingerprint density at radius 1 is 0.976 bits per heavy atom. The van der Waals surface area contributed by atoms with Gasteiger partial charge in [-0.25, -0.2) is 4.68 Å². The van der Waals surface area contributed by atoms with Crippen LogP contribution in [-0.2, 0) is 9.59 Å². The molecule has 1 aromatic heterocycles. The molecule has 0 spiro atoms. The highest BCUT2D eigenvalue weighted by atomic mass is 16.2. The highest BCUT2D eigenvalue weighted by molar-refractivity contribution is 5.99. The Morgan fingerprint density at radius 2 is 1.71 bits per heavy atom. The zero-order valence-corrected chi connectivity index (χ0v) is 24.1. The number of nitrogens with zero attached hydrogens (tertiary/aromatic N) is 2. The number of fused-ring (bicyclic) bond motifs is 1. The molecule has 4 aromatic rings. The Kier molecular flexibility index (Phi) is 9.12. The van der Waals surface area contributed by atoms with E-state index in [0.717, 1.165) is 35.0 Å². The molecule has 3 amide bonds. The molecular weight excluding hydrogens is 526 g/mol. The lowest BCUT2D eigenvalue weighted by atomic mass is 9.85. The van der Waals surface area contributed by atoms with Gasteiger partial charge in [-0.3, -0.25) is 14.4 Å². The fourth-order valence-electron chi connectivity index (χ4n) is 5.56. The number of hydrogen-bond donors (Lipinski definition) is 3. The fourth-order valence-corrected chi connectivity index (χ4v) is 5.56. The van der Waals surface area contributed by atoms with Crippen LogP contribution in [-0.4, -0.2) is 40.6 Å². The molecule has 42 heavy (non-hydrogen) atoms. The lowest BCUT2D eigenvalue weighted by Crippen LogP contribution is -2.35. The van der Waals surface area contributed by atoms with E-state index >= 15 is 0 Å². The van der Waals surface area contributed by atoms with Crippen LogP contribution in [0.15, 0.2) is 78.9 Å². The van der Waals surface area contributed by atoms with Gasteiger partial charge in [-0.2, -0.15) is 5.10 Å². The van der Waals surface area contributed by atoms with Gasteiger partial charge in [-0.05, 0) is 67.8 Å². The molecule has 5 rings (SSSR count). The van der Waals surface area contributed by atoms with Gasteiger partial charge in [-0.15, -0.1) is 0 Å². The Hall–Kier alpha value is -4.72. The van der Waals surface area contributed by atoms with Crippen molar-refractivity contribution in [1.29, 1.82) is 0 Å². The number of hydrogen-bond acceptors (Lipinski definition) is 4. The van der Waals surface area contributed by atoms with Gasteiger partial charge in [0.1, 0.15) is 0 Å². The summed E-state index contributed by atoms with van der Waals surface area (Å²) in [4.78, 5) is 37.2. The molecule has 1 aliphatic carbocycles. The Bertz CT molecular complexity index is 1580. The second-order valence-electron chi connectivity index (χ2n) is 10.9. The highest BCUT2D eigenvalue weighted by Crippen LogP contribution is 2.38. The quantitative estimate of drug-likeness (QED) is 0.218. The van der Waals surface area contributed by atoms with Crippen molar-refractivity contribution in [3.05, 3.63) is 95.7 Å². The summed E-state index contributed by atoms with van der Waals surface area (Å²) < 4.78 is 2.06. The molecule has 0 aliphatic heterocycles. The van der Waals surface area contributed by atoms with E-state index in [9.17, 15) is 14.4 Å². The number of aromatic nitrogens is 2. The van der Waals surface area contributed by atoms with Gasteiger partial charge in [0, 0.05) is 48.1 Å². The number of rotatable bonds is 9. The minimum absolute atomic E-state index is 0.126. The third-order valence-electron chi connectivity index (χ3n) is 7.70. The molecule has 1 saturated carbocycles. The Morgan fingerprint density at radius 3 is 2.43 bits per heavy atom. The molecule has 1 heterocycles. The smallest absolute Gasteiger partial charge is 0.251 e. The van der Waals surface area contributed by atoms with E-state index in [1.807, 2.05) is 55.5 Å². The summed E-state index contributed by atoms with van der Waals surface area (Å²) in [6, 6.07) is 22.7. The van der Waals surface area contributed by atoms with Crippen LogP contribution in [0.25, 0.3) is 22.7 Å². The van der Waals surface area contributed by atoms with E-state index in [2.05, 4.69) is 32.8 Å². The molecule has 216 valence electrons. The molecule has 0 saturated heterocycles. The fraction of sp³-hybridized carbons (Fsp3) is 0.294. The summed E-state index contributed by atoms with van der Waals surface area (Å²) in [5, 5.41) is 14.4. The van der Waals surface area contributed by atoms with Crippen molar-refractivity contribution in [3.8, 4) is 5.69 Å². The predicted octanol–water partition coefficient (Wildman–Crippen LogP) is 5.98. The van der Waals surface area contributed by atoms with Crippen molar-refractivity contribution in [3.63, 3.8) is 0 Å². The number of carbonyl (C=O) groups excluding carboxylic acids is 3. The average Bonchev–Trinajstić information content (AvgIpc) is 3.40. The molecule has 3 aromatic carbocycles. The number of amides is 3. The van der Waals surface area contributed by atoms with E-state index in [1.165, 1.54) is 31.0 Å². The van der Waals surface area contributed by atoms with Gasteiger partial charge in [0.15, 0.2) is 0 Å². The van der Waals surface area contributed by atoms with Crippen LogP contribution in [0.4, 0.5) is 5.69 Å². The van der Waals surface area contributed by atoms with Gasteiger partial charge in [-0.1, -0.05) is 55.7 Å². The van der Waals surface area contributed by atoms with Crippen LogP contribution in [0.1, 0.15) is 73.0 Å². The van der Waals surface area contributed by atoms with Gasteiger partial charge in [0.2, 0.25) is 11.8 Å². The average molecular weight is 564 g/mol. The van der Waals surface area contributed by atoms with Crippen LogP contribution in [0.5, 0.6) is 0 Å². The molecular formula is C34H37N5O3. The van der Waals surface area contributed by atoms with E-state index in [4.69, 9.17) is 5.10 Å². The van der Waals surface area contributed by atoms with Crippen molar-refractivity contribution in [1.82, 2.24) is 20.4 Å². The van der Waals surface area contributed by atoms with Crippen molar-refractivity contribution >= 4 is 40.4 Å². The number of para-hydroxylation sites is 1. The summed E-state index contributed by atoms with van der Waals surface area (Å²) >= 11 is 0. The Labute approximate surface area is 246 Å². The van der Waals surface area contributed by atoms with Gasteiger partial charge in [0.25, 0.3) is 5.91 Å². The number of anilines is 1. The van der Waals surface area contributed by atoms with E-state index in [1.54, 1.807) is 25.3 Å². The highest BCUT2D eigenvalue weighted by Gasteiger charge is 2.24. The second-order valence-corrected chi connectivity index (χ2v) is 10.9. The number of benzene rings is 3. The Balaban J connectivity index is 1.24. The van der Waals surface area contributed by atoms with E-state index in [-0.39, 0.29) is 30.2 Å². The van der Waals surface area contributed by atoms with Crippen LogP contribution in [0.3, 0.4) is 0 Å². The van der Waals surface area contributed by atoms with Gasteiger partial charge in [0.05, 0.1) is 16.9 Å². The van der Waals surface area contributed by atoms with Crippen LogP contribution < -0.4 is 16.0 Å². The summed E-state index contributed by atoms with van der Waals surface area (Å²) in [5.41, 5.74) is 5.05. The zero-order valence-electron chi connectivity index (χ0n) is 24.1. The maximum Gasteiger partial charge on any atom is 0.251 e. The van der Waals surface area contributed by atoms with Crippen molar-refractivity contribution < 1.29 is 14.4 Å². The van der Waals surface area contributed by atoms with Crippen LogP contribution >= 0.6 is 0 Å². The number of carbonyl (C=O) groups is 3. The number of likely N-dealkylation sites (N-methyl/N-ethyl adjacent to an activating group) is 1. The molecule has 1 fully saturated rings. The van der Waals surface area contributed by atoms with Crippen molar-refractivity contribution in [2.75, 3.05) is 12.4 Å². The van der Waals surface area contributed by atoms with E-state index < -0.39 is 0 Å². The maximum absolute atomic E-state index is 13.2. The molecule has 8 nitrogen and oxygen atoms in total. The minimum Gasteiger partial charge on any atom is -0.356 e. The molecule has 0 radical (unpaired) electrons. The zero-order chi connectivity index (χ0) is 29.5. The molecule has 0 unspecified atom stereocenters. The molecule has 1 atom stereocenters. The molecule has 1 aliphatic rings. The topological polar surface area (TPSA) is 105 Å². The second kappa shape index (κ2) is 13.3. The molecule has 3 N–H and O–H groups in total. The van der Waals surface area contributed by atoms with Crippen molar-refractivity contribution in [2.45, 2.75) is 57.4 Å². The lowest BCUT2D eigenvalue weighted by Gasteiger charge is -2.23. The predicted molar refractivity (Wildman–Crippen MR) is 167 cm³/mol. The SMILES string of the molecule is CNC(=O)/C=C/c1ccc(NC(=O)C[C@@H](C)NC(=O)c2ccc3c(C4CCCCC4)n(-c4ccccc4)nc3c2)cc1. The normalized spacial score (nSPS) is 14.5. The van der Waals surface area contributed by atoms with Crippen LogP contribution in [0.2, 0.25) is 0 Å². The third kappa shape index (κ3) is 6.94. The minimum atomic E-state index is -0.373. The van der Waals surface area contributed by atoms with Gasteiger partial charge < -0.3 is 16.0 Å². The largest absolute Gasteiger partial charge is 0.356 e. The monoisotopic (exact) mass is 563 g/mol. The van der Waals surface area contributed by atoms with Gasteiger partial charge >= 0.3 is 0 Å². The maximum atomic E-state index is 13.2. The summed E-state index contributed by atoms with van der Waals surface area (Å²) in [6.45, 7) is 1.81. The van der Waals surface area contributed by atoms with Crippen LogP contribution in [0, 0.1) is 0 Å². The first-order valence-electron chi connectivity index (χ1n) is 14.6. The summed E-state index contributed by atoms with van der Waals surface area (Å²) in [7, 11) is 1.57. The lowest BCUT2D eigenvalue weighted by molar-refractivity contribution is -0.117. The first kappa shape index (κ1) is 28.8. The third-order valence-corrected chi connectivity index (χ3v) is 7.70. The number of nitrogens with one attached hydrogen (secondary N) is 3. The first-order valence-corrected chi connectivity index (χ1v) is 14.6. The standard InChI is InChI=1S/C34H37N5O3/c1-23(21-32(41)37-27-17-13-24(14-18-27)15-20-31(40)35-2)36-34(42)26-16-19-29-30(22-26)38-39(28-11-7-4-8-12-28)33(29)25-9-5-3-6-10-25/h4,7-8,11-20,22-23,25H,3,5-6,9-10,21H2,1-2H3,(H,35,40)(H,36,42)(H,37,41)/b20-15+/t23-/m1/s1. The molecule has 8 heteroatoms. The summed E-state index contributed by atoms with van der Waals surface area (Å²) in [6.07, 6.45) is 9.28. The summed E-state index contributed by atoms with van der Waals surface area (Å²) in [5.74, 6) is -0.185. The first-order chi connectivity index (χ1) is 20.4.